The van der Waals surface area contributed by atoms with Gasteiger partial charge in [0.15, 0.2) is 0 Å². The second kappa shape index (κ2) is 6.47. The van der Waals surface area contributed by atoms with Crippen LogP contribution in [0.1, 0.15) is 12.5 Å². The molecule has 102 valence electrons. The molecule has 0 aliphatic heterocycles. The van der Waals surface area contributed by atoms with E-state index in [9.17, 15) is 8.42 Å². The Morgan fingerprint density at radius 1 is 1.44 bits per heavy atom. The van der Waals surface area contributed by atoms with Gasteiger partial charge in [0.05, 0.1) is 5.75 Å². The van der Waals surface area contributed by atoms with Gasteiger partial charge in [-0.3, -0.25) is 5.43 Å². The van der Waals surface area contributed by atoms with Crippen LogP contribution in [0.5, 0.6) is 0 Å². The zero-order valence-corrected chi connectivity index (χ0v) is 11.2. The van der Waals surface area contributed by atoms with Gasteiger partial charge >= 0.3 is 0 Å². The number of nitrogens with zero attached hydrogens (tertiary/aromatic N) is 2. The van der Waals surface area contributed by atoms with Crippen molar-refractivity contribution in [2.75, 3.05) is 29.6 Å². The van der Waals surface area contributed by atoms with Gasteiger partial charge in [0, 0.05) is 24.8 Å². The number of nitrogen functional groups attached to an aromatic ring is 1. The van der Waals surface area contributed by atoms with Crippen LogP contribution in [0.15, 0.2) is 6.20 Å². The van der Waals surface area contributed by atoms with Gasteiger partial charge in [-0.1, -0.05) is 6.92 Å². The van der Waals surface area contributed by atoms with Crippen LogP contribution in [0.2, 0.25) is 0 Å². The molecule has 0 atom stereocenters. The lowest BCUT2D eigenvalue weighted by molar-refractivity contribution is 0.584. The summed E-state index contributed by atoms with van der Waals surface area (Å²) >= 11 is 0. The van der Waals surface area contributed by atoms with E-state index in [1.54, 1.807) is 13.1 Å². The third kappa shape index (κ3) is 4.43. The molecule has 0 saturated carbocycles. The van der Waals surface area contributed by atoms with Gasteiger partial charge in [-0.25, -0.2) is 24.0 Å². The van der Waals surface area contributed by atoms with Crippen LogP contribution in [0.3, 0.4) is 0 Å². The summed E-state index contributed by atoms with van der Waals surface area (Å²) in [6, 6.07) is 0. The minimum absolute atomic E-state index is 0.0182. The smallest absolute Gasteiger partial charge is 0.239 e. The van der Waals surface area contributed by atoms with Crippen LogP contribution < -0.4 is 21.3 Å². The number of sulfonamides is 1. The summed E-state index contributed by atoms with van der Waals surface area (Å²) in [6.45, 7) is 4.20. The van der Waals surface area contributed by atoms with Crippen molar-refractivity contribution in [3.8, 4) is 0 Å². The highest BCUT2D eigenvalue weighted by molar-refractivity contribution is 7.89. The largest absolute Gasteiger partial charge is 0.369 e. The number of rotatable bonds is 7. The van der Waals surface area contributed by atoms with Crippen LogP contribution in [0, 0.1) is 6.92 Å². The molecule has 0 aliphatic rings. The van der Waals surface area contributed by atoms with Crippen molar-refractivity contribution in [1.29, 1.82) is 0 Å². The Labute approximate surface area is 106 Å². The molecule has 0 amide bonds. The maximum Gasteiger partial charge on any atom is 0.239 e. The van der Waals surface area contributed by atoms with E-state index in [0.717, 1.165) is 5.56 Å². The number of hydrogen-bond donors (Lipinski definition) is 4. The molecule has 0 saturated heterocycles. The van der Waals surface area contributed by atoms with E-state index in [2.05, 4.69) is 25.4 Å². The highest BCUT2D eigenvalue weighted by Crippen LogP contribution is 2.11. The maximum absolute atomic E-state index is 11.4. The standard InChI is InChI=1S/C9H18N6O2S/c1-3-13-18(16,17)5-4-11-8-7(2)6-12-9(14-8)15-10/h6,13H,3-5,10H2,1-2H3,(H2,11,12,14,15). The molecule has 0 unspecified atom stereocenters. The van der Waals surface area contributed by atoms with Crippen LogP contribution >= 0.6 is 0 Å². The minimum atomic E-state index is -3.23. The minimum Gasteiger partial charge on any atom is -0.369 e. The lowest BCUT2D eigenvalue weighted by Crippen LogP contribution is -2.29. The third-order valence-corrected chi connectivity index (χ3v) is 3.60. The zero-order chi connectivity index (χ0) is 13.6. The highest BCUT2D eigenvalue weighted by atomic mass is 32.2. The number of nitrogens with two attached hydrogens (primary N) is 1. The van der Waals surface area contributed by atoms with E-state index in [1.807, 2.05) is 6.92 Å². The first-order valence-electron chi connectivity index (χ1n) is 5.50. The molecule has 0 fully saturated rings. The van der Waals surface area contributed by atoms with E-state index >= 15 is 0 Å². The van der Waals surface area contributed by atoms with E-state index < -0.39 is 10.0 Å². The summed E-state index contributed by atoms with van der Waals surface area (Å²) in [5, 5.41) is 2.94. The van der Waals surface area contributed by atoms with Crippen LogP contribution in [-0.4, -0.2) is 37.2 Å². The number of aryl methyl sites for hydroxylation is 1. The summed E-state index contributed by atoms with van der Waals surface area (Å²) < 4.78 is 25.2. The normalized spacial score (nSPS) is 11.3. The Kier molecular flexibility index (Phi) is 5.25. The molecule has 0 aliphatic carbocycles. The summed E-state index contributed by atoms with van der Waals surface area (Å²) in [5.41, 5.74) is 3.14. The first-order valence-corrected chi connectivity index (χ1v) is 7.15. The molecular formula is C9H18N6O2S. The molecule has 0 bridgehead atoms. The SMILES string of the molecule is CCNS(=O)(=O)CCNc1nc(NN)ncc1C. The number of nitrogens with one attached hydrogen (secondary N) is 3. The molecule has 8 nitrogen and oxygen atoms in total. The summed E-state index contributed by atoms with van der Waals surface area (Å²) in [6.07, 6.45) is 1.60. The Morgan fingerprint density at radius 3 is 2.78 bits per heavy atom. The molecular weight excluding hydrogens is 256 g/mol. The number of aromatic nitrogens is 2. The molecule has 9 heteroatoms. The van der Waals surface area contributed by atoms with Crippen molar-refractivity contribution in [2.45, 2.75) is 13.8 Å². The van der Waals surface area contributed by atoms with Gasteiger partial charge in [-0.2, -0.15) is 4.98 Å². The second-order valence-corrected chi connectivity index (χ2v) is 5.54. The Hall–Kier alpha value is -1.45. The summed E-state index contributed by atoms with van der Waals surface area (Å²) in [7, 11) is -3.23. The molecule has 5 N–H and O–H groups in total. The summed E-state index contributed by atoms with van der Waals surface area (Å²) in [4.78, 5) is 8.01. The average molecular weight is 274 g/mol. The second-order valence-electron chi connectivity index (χ2n) is 3.61. The fraction of sp³-hybridized carbons (Fsp3) is 0.556. The van der Waals surface area contributed by atoms with Crippen molar-refractivity contribution >= 4 is 21.8 Å². The van der Waals surface area contributed by atoms with Gasteiger partial charge in [0.2, 0.25) is 16.0 Å². The molecule has 1 aromatic rings. The van der Waals surface area contributed by atoms with Gasteiger partial charge in [0.1, 0.15) is 5.82 Å². The van der Waals surface area contributed by atoms with E-state index in [1.165, 1.54) is 0 Å². The third-order valence-electron chi connectivity index (χ3n) is 2.13. The van der Waals surface area contributed by atoms with Gasteiger partial charge in [-0.05, 0) is 6.92 Å². The van der Waals surface area contributed by atoms with Crippen LogP contribution in [-0.2, 0) is 10.0 Å². The van der Waals surface area contributed by atoms with Crippen molar-refractivity contribution in [3.63, 3.8) is 0 Å². The molecule has 0 aromatic carbocycles. The van der Waals surface area contributed by atoms with Gasteiger partial charge in [0.25, 0.3) is 0 Å². The molecule has 1 heterocycles. The Morgan fingerprint density at radius 2 is 2.17 bits per heavy atom. The van der Waals surface area contributed by atoms with Crippen molar-refractivity contribution in [3.05, 3.63) is 11.8 Å². The number of hydrazine groups is 1. The van der Waals surface area contributed by atoms with E-state index in [4.69, 9.17) is 5.84 Å². The topological polar surface area (TPSA) is 122 Å². The van der Waals surface area contributed by atoms with Gasteiger partial charge in [-0.15, -0.1) is 0 Å². The first-order chi connectivity index (χ1) is 8.48. The number of hydrogen-bond acceptors (Lipinski definition) is 7. The predicted octanol–water partition coefficient (Wildman–Crippen LogP) is -0.578. The van der Waals surface area contributed by atoms with Crippen molar-refractivity contribution in [2.24, 2.45) is 5.84 Å². The molecule has 1 rings (SSSR count). The fourth-order valence-corrected chi connectivity index (χ4v) is 2.24. The lowest BCUT2D eigenvalue weighted by Gasteiger charge is -2.10. The maximum atomic E-state index is 11.4. The Balaban J connectivity index is 2.58. The zero-order valence-electron chi connectivity index (χ0n) is 10.4. The molecule has 0 radical (unpaired) electrons. The highest BCUT2D eigenvalue weighted by Gasteiger charge is 2.09. The van der Waals surface area contributed by atoms with Crippen LogP contribution in [0.25, 0.3) is 0 Å². The predicted molar refractivity (Wildman–Crippen MR) is 70.5 cm³/mol. The van der Waals surface area contributed by atoms with Crippen molar-refractivity contribution in [1.82, 2.24) is 14.7 Å². The average Bonchev–Trinajstić information content (AvgIpc) is 2.31. The van der Waals surface area contributed by atoms with E-state index in [-0.39, 0.29) is 18.2 Å². The first kappa shape index (κ1) is 14.6. The van der Waals surface area contributed by atoms with E-state index in [0.29, 0.717) is 12.4 Å². The fourth-order valence-electron chi connectivity index (χ4n) is 1.29. The molecule has 18 heavy (non-hydrogen) atoms. The number of anilines is 2. The summed E-state index contributed by atoms with van der Waals surface area (Å²) in [5.74, 6) is 6.01. The van der Waals surface area contributed by atoms with Crippen LogP contribution in [0.4, 0.5) is 11.8 Å². The molecule has 1 aromatic heterocycles. The Bertz CT molecular complexity index is 490. The van der Waals surface area contributed by atoms with Gasteiger partial charge < -0.3 is 5.32 Å². The lowest BCUT2D eigenvalue weighted by atomic mass is 10.3. The quantitative estimate of drug-likeness (QED) is 0.387. The van der Waals surface area contributed by atoms with Crippen molar-refractivity contribution < 1.29 is 8.42 Å². The monoisotopic (exact) mass is 274 g/mol. The molecule has 0 spiro atoms.